The fraction of sp³-hybridized carbons (Fsp3) is 0.100. The molecule has 0 spiro atoms. The lowest BCUT2D eigenvalue weighted by atomic mass is 10.4. The summed E-state index contributed by atoms with van der Waals surface area (Å²) in [5.74, 6) is 0. The minimum Gasteiger partial charge on any atom is -0.255 e. The number of aromatic nitrogens is 1. The number of anilines is 1. The minimum absolute atomic E-state index is 0.123. The summed E-state index contributed by atoms with van der Waals surface area (Å²) >= 11 is 7.03. The maximum absolute atomic E-state index is 12.0. The predicted molar refractivity (Wildman–Crippen MR) is 69.1 cm³/mol. The molecule has 0 aliphatic carbocycles. The number of nitrogens with one attached hydrogen (secondary N) is 1. The summed E-state index contributed by atoms with van der Waals surface area (Å²) in [6, 6.07) is 6.08. The number of aryl methyl sites for hydroxylation is 1. The van der Waals surface area contributed by atoms with Crippen LogP contribution < -0.4 is 4.72 Å². The van der Waals surface area contributed by atoms with Gasteiger partial charge in [0.05, 0.1) is 4.90 Å². The van der Waals surface area contributed by atoms with E-state index in [0.29, 0.717) is 10.2 Å². The van der Waals surface area contributed by atoms with Gasteiger partial charge in [0.2, 0.25) is 0 Å². The molecule has 0 unspecified atom stereocenters. The highest BCUT2D eigenvalue weighted by Crippen LogP contribution is 2.22. The quantitative estimate of drug-likeness (QED) is 0.945. The van der Waals surface area contributed by atoms with Crippen molar-refractivity contribution in [2.75, 3.05) is 4.72 Å². The molecule has 0 bridgehead atoms. The Balaban J connectivity index is 2.31. The Morgan fingerprint density at radius 1 is 1.41 bits per heavy atom. The first kappa shape index (κ1) is 12.3. The van der Waals surface area contributed by atoms with Crippen LogP contribution >= 0.6 is 22.9 Å². The van der Waals surface area contributed by atoms with E-state index in [9.17, 15) is 8.42 Å². The van der Waals surface area contributed by atoms with Crippen LogP contribution in [0.5, 0.6) is 0 Å². The van der Waals surface area contributed by atoms with Gasteiger partial charge in [0.25, 0.3) is 10.0 Å². The van der Waals surface area contributed by atoms with Crippen molar-refractivity contribution in [3.05, 3.63) is 40.4 Å². The van der Waals surface area contributed by atoms with Crippen molar-refractivity contribution in [1.29, 1.82) is 0 Å². The molecule has 0 saturated carbocycles. The van der Waals surface area contributed by atoms with Crippen LogP contribution in [0.1, 0.15) is 4.88 Å². The number of nitrogens with zero attached hydrogens (tertiary/aromatic N) is 1. The molecule has 90 valence electrons. The summed E-state index contributed by atoms with van der Waals surface area (Å²) in [5.41, 5.74) is 0. The Bertz CT molecular complexity index is 637. The van der Waals surface area contributed by atoms with Gasteiger partial charge in [0.15, 0.2) is 5.13 Å². The van der Waals surface area contributed by atoms with Crippen LogP contribution in [-0.2, 0) is 10.0 Å². The van der Waals surface area contributed by atoms with Crippen LogP contribution in [0.2, 0.25) is 5.02 Å². The Hall–Kier alpha value is -1.11. The number of hydrogen-bond donors (Lipinski definition) is 1. The van der Waals surface area contributed by atoms with Gasteiger partial charge in [-0.25, -0.2) is 13.4 Å². The summed E-state index contributed by atoms with van der Waals surface area (Å²) in [6.45, 7) is 1.86. The lowest BCUT2D eigenvalue weighted by Crippen LogP contribution is -2.12. The van der Waals surface area contributed by atoms with Crippen molar-refractivity contribution < 1.29 is 8.42 Å². The topological polar surface area (TPSA) is 59.1 Å². The third-order valence-corrected chi connectivity index (χ3v) is 4.48. The van der Waals surface area contributed by atoms with Crippen LogP contribution in [0.4, 0.5) is 5.13 Å². The molecule has 1 aromatic carbocycles. The Labute approximate surface area is 108 Å². The smallest absolute Gasteiger partial charge is 0.255 e. The second-order valence-corrected chi connectivity index (χ2v) is 6.69. The lowest BCUT2D eigenvalue weighted by Gasteiger charge is -2.04. The van der Waals surface area contributed by atoms with Gasteiger partial charge in [-0.05, 0) is 25.1 Å². The van der Waals surface area contributed by atoms with Crippen molar-refractivity contribution in [3.63, 3.8) is 0 Å². The molecule has 0 atom stereocenters. The first-order chi connectivity index (χ1) is 7.97. The molecule has 1 N–H and O–H groups in total. The van der Waals surface area contributed by atoms with E-state index in [2.05, 4.69) is 9.71 Å². The molecule has 0 fully saturated rings. The number of benzene rings is 1. The number of halogens is 1. The molecule has 0 radical (unpaired) electrons. The van der Waals surface area contributed by atoms with Crippen molar-refractivity contribution in [2.24, 2.45) is 0 Å². The molecule has 0 amide bonds. The van der Waals surface area contributed by atoms with E-state index in [0.717, 1.165) is 4.88 Å². The standard InChI is InChI=1S/C10H9ClN2O2S2/c1-7-6-12-10(16-7)13-17(14,15)9-4-2-3-8(11)5-9/h2-6H,1H3,(H,12,13). The van der Waals surface area contributed by atoms with E-state index in [1.165, 1.54) is 23.5 Å². The molecule has 0 saturated heterocycles. The molecule has 0 aliphatic rings. The van der Waals surface area contributed by atoms with Crippen LogP contribution in [0.25, 0.3) is 0 Å². The largest absolute Gasteiger partial charge is 0.263 e. The summed E-state index contributed by atoms with van der Waals surface area (Å²) in [5, 5.41) is 0.727. The zero-order valence-corrected chi connectivity index (χ0v) is 11.2. The fourth-order valence-corrected chi connectivity index (χ4v) is 3.42. The number of sulfonamides is 1. The molecule has 2 aromatic rings. The Kier molecular flexibility index (Phi) is 3.37. The van der Waals surface area contributed by atoms with Gasteiger partial charge in [-0.15, -0.1) is 11.3 Å². The van der Waals surface area contributed by atoms with Gasteiger partial charge >= 0.3 is 0 Å². The Morgan fingerprint density at radius 3 is 2.76 bits per heavy atom. The maximum atomic E-state index is 12.0. The average molecular weight is 289 g/mol. The van der Waals surface area contributed by atoms with Crippen LogP contribution in [-0.4, -0.2) is 13.4 Å². The monoisotopic (exact) mass is 288 g/mol. The molecule has 2 rings (SSSR count). The minimum atomic E-state index is -3.61. The third-order valence-electron chi connectivity index (χ3n) is 1.95. The summed E-state index contributed by atoms with van der Waals surface area (Å²) in [7, 11) is -3.61. The van der Waals surface area contributed by atoms with E-state index >= 15 is 0 Å². The second kappa shape index (κ2) is 4.64. The molecular formula is C10H9ClN2O2S2. The number of rotatable bonds is 3. The Morgan fingerprint density at radius 2 is 2.18 bits per heavy atom. The summed E-state index contributed by atoms with van der Waals surface area (Å²) < 4.78 is 26.3. The normalized spacial score (nSPS) is 11.4. The van der Waals surface area contributed by atoms with Gasteiger partial charge in [0, 0.05) is 16.1 Å². The fourth-order valence-electron chi connectivity index (χ4n) is 1.21. The van der Waals surface area contributed by atoms with Gasteiger partial charge in [-0.3, -0.25) is 4.72 Å². The molecule has 7 heteroatoms. The van der Waals surface area contributed by atoms with E-state index in [-0.39, 0.29) is 4.90 Å². The van der Waals surface area contributed by atoms with Gasteiger partial charge in [-0.2, -0.15) is 0 Å². The van der Waals surface area contributed by atoms with E-state index < -0.39 is 10.0 Å². The number of hydrogen-bond acceptors (Lipinski definition) is 4. The van der Waals surface area contributed by atoms with E-state index in [1.807, 2.05) is 6.92 Å². The van der Waals surface area contributed by atoms with Crippen molar-refractivity contribution >= 4 is 38.1 Å². The lowest BCUT2D eigenvalue weighted by molar-refractivity contribution is 0.601. The molecule has 1 heterocycles. The summed E-state index contributed by atoms with van der Waals surface area (Å²) in [4.78, 5) is 5.01. The van der Waals surface area contributed by atoms with Gasteiger partial charge in [0.1, 0.15) is 0 Å². The zero-order chi connectivity index (χ0) is 12.5. The van der Waals surface area contributed by atoms with Crippen molar-refractivity contribution in [2.45, 2.75) is 11.8 Å². The number of thiazole rings is 1. The second-order valence-electron chi connectivity index (χ2n) is 3.34. The van der Waals surface area contributed by atoms with Crippen molar-refractivity contribution in [3.8, 4) is 0 Å². The molecule has 4 nitrogen and oxygen atoms in total. The maximum Gasteiger partial charge on any atom is 0.263 e. The van der Waals surface area contributed by atoms with Crippen molar-refractivity contribution in [1.82, 2.24) is 4.98 Å². The molecular weight excluding hydrogens is 280 g/mol. The van der Waals surface area contributed by atoms with E-state index in [1.54, 1.807) is 18.3 Å². The highest BCUT2D eigenvalue weighted by atomic mass is 35.5. The van der Waals surface area contributed by atoms with Crippen LogP contribution in [0.15, 0.2) is 35.4 Å². The highest BCUT2D eigenvalue weighted by molar-refractivity contribution is 7.93. The van der Waals surface area contributed by atoms with Crippen LogP contribution in [0.3, 0.4) is 0 Å². The first-order valence-electron chi connectivity index (χ1n) is 4.68. The van der Waals surface area contributed by atoms with Gasteiger partial charge < -0.3 is 0 Å². The molecule has 0 aliphatic heterocycles. The van der Waals surface area contributed by atoms with Gasteiger partial charge in [-0.1, -0.05) is 17.7 Å². The zero-order valence-electron chi connectivity index (χ0n) is 8.84. The highest BCUT2D eigenvalue weighted by Gasteiger charge is 2.15. The average Bonchev–Trinajstić information content (AvgIpc) is 2.63. The van der Waals surface area contributed by atoms with E-state index in [4.69, 9.17) is 11.6 Å². The summed E-state index contributed by atoms with van der Waals surface area (Å²) in [6.07, 6.45) is 1.61. The predicted octanol–water partition coefficient (Wildman–Crippen LogP) is 2.91. The third kappa shape index (κ3) is 2.96. The SMILES string of the molecule is Cc1cnc(NS(=O)(=O)c2cccc(Cl)c2)s1. The molecule has 1 aromatic heterocycles. The molecule has 17 heavy (non-hydrogen) atoms. The van der Waals surface area contributed by atoms with Crippen LogP contribution in [0, 0.1) is 6.92 Å². The first-order valence-corrected chi connectivity index (χ1v) is 7.36.